The summed E-state index contributed by atoms with van der Waals surface area (Å²) in [6.45, 7) is -0.0292. The Morgan fingerprint density at radius 3 is 2.83 bits per heavy atom. The monoisotopic (exact) mass is 272 g/mol. The average molecular weight is 273 g/mol. The molecule has 1 heterocycles. The molecule has 1 aromatic rings. The highest BCUT2D eigenvalue weighted by molar-refractivity contribution is 6.30. The number of methoxy groups -OCH3 is 2. The van der Waals surface area contributed by atoms with Crippen molar-refractivity contribution in [2.24, 2.45) is 0 Å². The number of ether oxygens (including phenoxy) is 2. The normalized spacial score (nSPS) is 11.5. The van der Waals surface area contributed by atoms with E-state index in [9.17, 15) is 9.59 Å². The van der Waals surface area contributed by atoms with Crippen molar-refractivity contribution >= 4 is 23.5 Å². The van der Waals surface area contributed by atoms with Crippen LogP contribution in [0.4, 0.5) is 0 Å². The van der Waals surface area contributed by atoms with Gasteiger partial charge in [-0.15, -0.1) is 11.6 Å². The number of nitrogens with zero attached hydrogens (tertiary/aromatic N) is 1. The van der Waals surface area contributed by atoms with E-state index >= 15 is 0 Å². The van der Waals surface area contributed by atoms with Gasteiger partial charge in [0.1, 0.15) is 11.1 Å². The zero-order valence-electron chi connectivity index (χ0n) is 9.97. The molecule has 0 aliphatic heterocycles. The van der Waals surface area contributed by atoms with E-state index in [0.29, 0.717) is 11.3 Å². The van der Waals surface area contributed by atoms with Crippen LogP contribution in [-0.2, 0) is 9.53 Å². The first-order valence-electron chi connectivity index (χ1n) is 5.08. The van der Waals surface area contributed by atoms with Gasteiger partial charge in [-0.2, -0.15) is 0 Å². The first kappa shape index (κ1) is 14.2. The van der Waals surface area contributed by atoms with Gasteiger partial charge >= 0.3 is 5.97 Å². The Morgan fingerprint density at radius 2 is 2.22 bits per heavy atom. The summed E-state index contributed by atoms with van der Waals surface area (Å²) in [6, 6.07) is 1.51. The van der Waals surface area contributed by atoms with Gasteiger partial charge in [0.05, 0.1) is 26.0 Å². The van der Waals surface area contributed by atoms with E-state index in [4.69, 9.17) is 16.3 Å². The molecular weight excluding hydrogens is 260 g/mol. The van der Waals surface area contributed by atoms with Crippen LogP contribution in [0.15, 0.2) is 18.5 Å². The maximum atomic E-state index is 11.8. The smallest absolute Gasteiger partial charge is 0.325 e. The number of hydrogen-bond acceptors (Lipinski definition) is 5. The molecule has 1 amide bonds. The third-order valence-corrected chi connectivity index (χ3v) is 2.48. The molecule has 1 rings (SSSR count). The average Bonchev–Trinajstić information content (AvgIpc) is 2.43. The molecule has 0 radical (unpaired) electrons. The van der Waals surface area contributed by atoms with Crippen molar-refractivity contribution in [3.8, 4) is 5.75 Å². The predicted molar refractivity (Wildman–Crippen MR) is 64.8 cm³/mol. The van der Waals surface area contributed by atoms with Gasteiger partial charge < -0.3 is 14.8 Å². The molecule has 1 aromatic heterocycles. The number of amides is 1. The van der Waals surface area contributed by atoms with Crippen molar-refractivity contribution in [2.75, 3.05) is 20.8 Å². The molecule has 0 saturated heterocycles. The highest BCUT2D eigenvalue weighted by Crippen LogP contribution is 2.15. The van der Waals surface area contributed by atoms with Crippen LogP contribution in [0.25, 0.3) is 0 Å². The molecule has 7 heteroatoms. The molecule has 0 bridgehead atoms. The molecule has 6 nitrogen and oxygen atoms in total. The van der Waals surface area contributed by atoms with E-state index < -0.39 is 17.3 Å². The second-order valence-electron chi connectivity index (χ2n) is 3.28. The fraction of sp³-hybridized carbons (Fsp3) is 0.364. The van der Waals surface area contributed by atoms with Gasteiger partial charge in [0.2, 0.25) is 0 Å². The van der Waals surface area contributed by atoms with E-state index in [2.05, 4.69) is 15.0 Å². The molecule has 1 atom stereocenters. The van der Waals surface area contributed by atoms with E-state index in [1.165, 1.54) is 32.7 Å². The number of hydrogen-bond donors (Lipinski definition) is 1. The van der Waals surface area contributed by atoms with Crippen LogP contribution in [0.1, 0.15) is 10.4 Å². The molecule has 0 spiro atoms. The number of alkyl halides is 1. The summed E-state index contributed by atoms with van der Waals surface area (Å²) < 4.78 is 9.43. The molecule has 0 aliphatic carbocycles. The highest BCUT2D eigenvalue weighted by Gasteiger charge is 2.18. The zero-order valence-corrected chi connectivity index (χ0v) is 10.7. The highest BCUT2D eigenvalue weighted by atomic mass is 35.5. The van der Waals surface area contributed by atoms with Crippen LogP contribution >= 0.6 is 11.6 Å². The SMILES string of the molecule is COC(=O)C(Cl)CNC(=O)c1ccncc1OC. The Labute approximate surface area is 109 Å². The van der Waals surface area contributed by atoms with Crippen molar-refractivity contribution in [3.63, 3.8) is 0 Å². The molecule has 1 N–H and O–H groups in total. The van der Waals surface area contributed by atoms with Crippen LogP contribution in [0, 0.1) is 0 Å². The Bertz CT molecular complexity index is 439. The lowest BCUT2D eigenvalue weighted by Gasteiger charge is -2.10. The summed E-state index contributed by atoms with van der Waals surface area (Å²) in [5.41, 5.74) is 0.321. The van der Waals surface area contributed by atoms with E-state index in [1.54, 1.807) is 0 Å². The maximum absolute atomic E-state index is 11.8. The molecule has 0 aromatic carbocycles. The van der Waals surface area contributed by atoms with Gasteiger partial charge in [-0.25, -0.2) is 0 Å². The fourth-order valence-corrected chi connectivity index (χ4v) is 1.39. The Kier molecular flexibility index (Phi) is 5.38. The number of esters is 1. The summed E-state index contributed by atoms with van der Waals surface area (Å²) in [4.78, 5) is 26.7. The van der Waals surface area contributed by atoms with Crippen molar-refractivity contribution in [3.05, 3.63) is 24.0 Å². The number of carbonyl (C=O) groups excluding carboxylic acids is 2. The van der Waals surface area contributed by atoms with E-state index in [1.807, 2.05) is 0 Å². The summed E-state index contributed by atoms with van der Waals surface area (Å²) in [5, 5.41) is 1.58. The van der Waals surface area contributed by atoms with Crippen LogP contribution in [-0.4, -0.2) is 43.0 Å². The number of aromatic nitrogens is 1. The van der Waals surface area contributed by atoms with Crippen LogP contribution in [0.2, 0.25) is 0 Å². The lowest BCUT2D eigenvalue weighted by Crippen LogP contribution is -2.34. The van der Waals surface area contributed by atoms with Gasteiger partial charge in [0.25, 0.3) is 5.91 Å². The zero-order chi connectivity index (χ0) is 13.5. The van der Waals surface area contributed by atoms with Crippen molar-refractivity contribution in [2.45, 2.75) is 5.38 Å². The largest absolute Gasteiger partial charge is 0.494 e. The van der Waals surface area contributed by atoms with Crippen LogP contribution < -0.4 is 10.1 Å². The number of pyridine rings is 1. The topological polar surface area (TPSA) is 77.5 Å². The molecule has 98 valence electrons. The van der Waals surface area contributed by atoms with Crippen molar-refractivity contribution in [1.29, 1.82) is 0 Å². The molecule has 0 aliphatic rings. The van der Waals surface area contributed by atoms with Crippen molar-refractivity contribution in [1.82, 2.24) is 10.3 Å². The maximum Gasteiger partial charge on any atom is 0.325 e. The molecule has 0 fully saturated rings. The van der Waals surface area contributed by atoms with Crippen molar-refractivity contribution < 1.29 is 19.1 Å². The lowest BCUT2D eigenvalue weighted by atomic mass is 10.2. The second-order valence-corrected chi connectivity index (χ2v) is 3.80. The van der Waals surface area contributed by atoms with Gasteiger partial charge in [0.15, 0.2) is 0 Å². The molecule has 1 unspecified atom stereocenters. The molecule has 0 saturated carbocycles. The van der Waals surface area contributed by atoms with E-state index in [-0.39, 0.29) is 6.54 Å². The number of halogens is 1. The fourth-order valence-electron chi connectivity index (χ4n) is 1.22. The number of carbonyl (C=O) groups is 2. The number of nitrogens with one attached hydrogen (secondary N) is 1. The summed E-state index contributed by atoms with van der Waals surface area (Å²) >= 11 is 5.70. The first-order chi connectivity index (χ1) is 8.60. The summed E-state index contributed by atoms with van der Waals surface area (Å²) in [7, 11) is 2.66. The minimum Gasteiger partial charge on any atom is -0.494 e. The van der Waals surface area contributed by atoms with Gasteiger partial charge in [-0.05, 0) is 6.07 Å². The van der Waals surface area contributed by atoms with Gasteiger partial charge in [-0.3, -0.25) is 14.6 Å². The lowest BCUT2D eigenvalue weighted by molar-refractivity contribution is -0.140. The third kappa shape index (κ3) is 3.59. The summed E-state index contributed by atoms with van der Waals surface area (Å²) in [5.74, 6) is -0.651. The second kappa shape index (κ2) is 6.80. The van der Waals surface area contributed by atoms with E-state index in [0.717, 1.165) is 0 Å². The first-order valence-corrected chi connectivity index (χ1v) is 5.52. The van der Waals surface area contributed by atoms with Crippen LogP contribution in [0.5, 0.6) is 5.75 Å². The minimum absolute atomic E-state index is 0.0292. The van der Waals surface area contributed by atoms with Crippen LogP contribution in [0.3, 0.4) is 0 Å². The Balaban J connectivity index is 2.63. The Hall–Kier alpha value is -1.82. The molecular formula is C11H13ClN2O4. The Morgan fingerprint density at radius 1 is 1.50 bits per heavy atom. The molecule has 18 heavy (non-hydrogen) atoms. The standard InChI is InChI=1S/C11H13ClN2O4/c1-17-9-6-13-4-3-7(9)10(15)14-5-8(12)11(16)18-2/h3-4,6,8H,5H2,1-2H3,(H,14,15). The summed E-state index contributed by atoms with van der Waals surface area (Å²) in [6.07, 6.45) is 2.89. The third-order valence-electron chi connectivity index (χ3n) is 2.15. The minimum atomic E-state index is -0.924. The number of rotatable bonds is 5. The van der Waals surface area contributed by atoms with Gasteiger partial charge in [-0.1, -0.05) is 0 Å². The predicted octanol–water partition coefficient (Wildman–Crippen LogP) is 0.600. The quantitative estimate of drug-likeness (QED) is 0.627. The van der Waals surface area contributed by atoms with Gasteiger partial charge in [0, 0.05) is 12.7 Å².